The van der Waals surface area contributed by atoms with Crippen molar-refractivity contribution in [2.45, 2.75) is 38.2 Å². The second kappa shape index (κ2) is 9.96. The molecule has 0 spiro atoms. The molecule has 0 saturated carbocycles. The van der Waals surface area contributed by atoms with E-state index in [2.05, 4.69) is 0 Å². The van der Waals surface area contributed by atoms with Gasteiger partial charge in [0.1, 0.15) is 23.0 Å². The van der Waals surface area contributed by atoms with Gasteiger partial charge in [-0.3, -0.25) is 0 Å². The zero-order valence-electron chi connectivity index (χ0n) is 19.9. The molecular weight excluding hydrogens is 452 g/mol. The zero-order valence-corrected chi connectivity index (χ0v) is 19.9. The Balaban J connectivity index is 1.57. The van der Waals surface area contributed by atoms with Gasteiger partial charge in [0.2, 0.25) is 0 Å². The summed E-state index contributed by atoms with van der Waals surface area (Å²) < 4.78 is 0. The second-order valence-corrected chi connectivity index (χ2v) is 9.71. The number of aliphatic hydroxyl groups is 2. The van der Waals surface area contributed by atoms with E-state index in [1.54, 1.807) is 36.4 Å². The van der Waals surface area contributed by atoms with Crippen LogP contribution in [0, 0.1) is 5.92 Å². The van der Waals surface area contributed by atoms with Crippen molar-refractivity contribution >= 4 is 10.8 Å². The molecule has 0 aromatic heterocycles. The fourth-order valence-corrected chi connectivity index (χ4v) is 5.00. The minimum Gasteiger partial charge on any atom is -0.508 e. The summed E-state index contributed by atoms with van der Waals surface area (Å²) >= 11 is 0. The third-order valence-electron chi connectivity index (χ3n) is 7.01. The van der Waals surface area contributed by atoms with Gasteiger partial charge in [0.25, 0.3) is 0 Å². The third kappa shape index (κ3) is 5.16. The van der Waals surface area contributed by atoms with Gasteiger partial charge in [-0.1, -0.05) is 36.4 Å². The highest BCUT2D eigenvalue weighted by molar-refractivity contribution is 5.91. The lowest BCUT2D eigenvalue weighted by Gasteiger charge is -2.20. The Morgan fingerprint density at radius 1 is 0.778 bits per heavy atom. The average molecular weight is 483 g/mol. The number of fused-ring (bicyclic) bond motifs is 1. The largest absolute Gasteiger partial charge is 0.508 e. The van der Waals surface area contributed by atoms with Crippen LogP contribution in [-0.4, -0.2) is 31.6 Å². The SMILES string of the molecule is OC1=CCC(Cc2c(O)c(CC3=CCC(O)C=C3)cc3cc(O)c(Cc4ccc(O)cc4)cc23)C=C1. The van der Waals surface area contributed by atoms with E-state index in [-0.39, 0.29) is 28.9 Å². The van der Waals surface area contributed by atoms with E-state index in [1.807, 2.05) is 42.5 Å². The standard InChI is InChI=1S/C31H30O5/c32-25-7-1-19(2-8-25)13-23-17-28-22(18-30(23)35)16-24(14-20-3-9-26(33)10-4-20)31(36)29(28)15-21-5-11-27(34)12-6-21/h1-5,7-9,11-12,16-18,21,26,32-36H,6,10,13-15H2. The maximum Gasteiger partial charge on any atom is 0.122 e. The molecule has 0 amide bonds. The Morgan fingerprint density at radius 2 is 1.58 bits per heavy atom. The maximum absolute atomic E-state index is 11.5. The van der Waals surface area contributed by atoms with Crippen molar-refractivity contribution in [1.29, 1.82) is 0 Å². The number of aromatic hydroxyl groups is 3. The van der Waals surface area contributed by atoms with Gasteiger partial charge in [-0.15, -0.1) is 0 Å². The summed E-state index contributed by atoms with van der Waals surface area (Å²) in [5.74, 6) is 1.01. The zero-order chi connectivity index (χ0) is 25.2. The smallest absolute Gasteiger partial charge is 0.122 e. The number of benzene rings is 3. The lowest BCUT2D eigenvalue weighted by Crippen LogP contribution is -2.07. The minimum absolute atomic E-state index is 0.128. The molecule has 0 bridgehead atoms. The van der Waals surface area contributed by atoms with Crippen molar-refractivity contribution in [1.82, 2.24) is 0 Å². The summed E-state index contributed by atoms with van der Waals surface area (Å²) in [4.78, 5) is 0. The predicted molar refractivity (Wildman–Crippen MR) is 141 cm³/mol. The van der Waals surface area contributed by atoms with E-state index in [4.69, 9.17) is 0 Å². The van der Waals surface area contributed by atoms with E-state index < -0.39 is 6.10 Å². The van der Waals surface area contributed by atoms with Crippen LogP contribution < -0.4 is 0 Å². The van der Waals surface area contributed by atoms with Crippen molar-refractivity contribution in [2.24, 2.45) is 5.92 Å². The van der Waals surface area contributed by atoms with Gasteiger partial charge in [-0.2, -0.15) is 0 Å². The molecule has 0 saturated heterocycles. The lowest BCUT2D eigenvalue weighted by molar-refractivity contribution is 0.225. The highest BCUT2D eigenvalue weighted by Gasteiger charge is 2.20. The monoisotopic (exact) mass is 482 g/mol. The van der Waals surface area contributed by atoms with Crippen LogP contribution in [0.25, 0.3) is 10.8 Å². The summed E-state index contributed by atoms with van der Waals surface area (Å²) in [5, 5.41) is 53.1. The number of rotatable bonds is 6. The van der Waals surface area contributed by atoms with Crippen LogP contribution >= 0.6 is 0 Å². The first-order valence-electron chi connectivity index (χ1n) is 12.3. The topological polar surface area (TPSA) is 101 Å². The van der Waals surface area contributed by atoms with Gasteiger partial charge in [-0.25, -0.2) is 0 Å². The fourth-order valence-electron chi connectivity index (χ4n) is 5.00. The van der Waals surface area contributed by atoms with Crippen molar-refractivity contribution in [3.05, 3.63) is 113 Å². The Kier molecular flexibility index (Phi) is 6.57. The number of hydrogen-bond acceptors (Lipinski definition) is 5. The molecule has 2 aliphatic rings. The molecule has 36 heavy (non-hydrogen) atoms. The molecule has 5 N–H and O–H groups in total. The van der Waals surface area contributed by atoms with Crippen LogP contribution in [0.3, 0.4) is 0 Å². The molecule has 2 atom stereocenters. The molecule has 5 heteroatoms. The molecule has 0 aliphatic heterocycles. The molecule has 2 unspecified atom stereocenters. The van der Waals surface area contributed by atoms with Crippen molar-refractivity contribution in [3.63, 3.8) is 0 Å². The number of aliphatic hydroxyl groups excluding tert-OH is 2. The van der Waals surface area contributed by atoms with Crippen molar-refractivity contribution < 1.29 is 25.5 Å². The Bertz CT molecular complexity index is 1410. The Labute approximate surface area is 210 Å². The quantitative estimate of drug-likeness (QED) is 0.301. The van der Waals surface area contributed by atoms with E-state index in [0.717, 1.165) is 38.6 Å². The number of phenols is 3. The van der Waals surface area contributed by atoms with E-state index in [0.29, 0.717) is 32.1 Å². The first kappa shape index (κ1) is 23.8. The molecule has 5 rings (SSSR count). The van der Waals surface area contributed by atoms with Gasteiger partial charge in [0.05, 0.1) is 6.10 Å². The summed E-state index contributed by atoms with van der Waals surface area (Å²) in [5.41, 5.74) is 4.32. The number of phenolic OH excluding ortho intramolecular Hbond substituents is 3. The normalized spacial score (nSPS) is 19.4. The van der Waals surface area contributed by atoms with Gasteiger partial charge in [0.15, 0.2) is 0 Å². The summed E-state index contributed by atoms with van der Waals surface area (Å²) in [6.07, 6.45) is 13.5. The molecule has 0 radical (unpaired) electrons. The Hall–Kier alpha value is -3.96. The molecule has 0 fully saturated rings. The first-order chi connectivity index (χ1) is 17.4. The van der Waals surface area contributed by atoms with E-state index in [1.165, 1.54) is 0 Å². The summed E-state index contributed by atoms with van der Waals surface area (Å²) in [6, 6.07) is 12.6. The maximum atomic E-state index is 11.5. The number of allylic oxidation sites excluding steroid dienone is 5. The molecule has 2 aliphatic carbocycles. The Morgan fingerprint density at radius 3 is 2.28 bits per heavy atom. The second-order valence-electron chi connectivity index (χ2n) is 9.71. The number of hydrogen-bond donors (Lipinski definition) is 5. The molecule has 184 valence electrons. The van der Waals surface area contributed by atoms with Crippen LogP contribution in [0.4, 0.5) is 0 Å². The summed E-state index contributed by atoms with van der Waals surface area (Å²) in [6.45, 7) is 0. The average Bonchev–Trinajstić information content (AvgIpc) is 2.86. The van der Waals surface area contributed by atoms with Gasteiger partial charge in [0, 0.05) is 18.4 Å². The van der Waals surface area contributed by atoms with Gasteiger partial charge < -0.3 is 25.5 Å². The molecule has 0 heterocycles. The molecular formula is C31H30O5. The highest BCUT2D eigenvalue weighted by atomic mass is 16.3. The predicted octanol–water partition coefficient (Wildman–Crippen LogP) is 5.90. The van der Waals surface area contributed by atoms with Gasteiger partial charge in [-0.05, 0) is 101 Å². The van der Waals surface area contributed by atoms with Gasteiger partial charge >= 0.3 is 0 Å². The molecule has 3 aromatic carbocycles. The van der Waals surface area contributed by atoms with E-state index >= 15 is 0 Å². The van der Waals surface area contributed by atoms with E-state index in [9.17, 15) is 25.5 Å². The van der Waals surface area contributed by atoms with Crippen molar-refractivity contribution in [3.8, 4) is 17.2 Å². The fraction of sp³-hybridized carbons (Fsp3) is 0.226. The van der Waals surface area contributed by atoms with Crippen LogP contribution in [0.1, 0.15) is 35.1 Å². The lowest BCUT2D eigenvalue weighted by atomic mass is 9.86. The van der Waals surface area contributed by atoms with Crippen LogP contribution in [0.5, 0.6) is 17.2 Å². The third-order valence-corrected chi connectivity index (χ3v) is 7.01. The minimum atomic E-state index is -0.471. The molecule has 5 nitrogen and oxygen atoms in total. The van der Waals surface area contributed by atoms with Crippen LogP contribution in [-0.2, 0) is 19.3 Å². The molecule has 3 aromatic rings. The van der Waals surface area contributed by atoms with Crippen molar-refractivity contribution in [2.75, 3.05) is 0 Å². The van der Waals surface area contributed by atoms with Crippen LogP contribution in [0.15, 0.2) is 90.3 Å². The highest BCUT2D eigenvalue weighted by Crippen LogP contribution is 2.39. The first-order valence-corrected chi connectivity index (χ1v) is 12.3. The van der Waals surface area contributed by atoms with Crippen LogP contribution in [0.2, 0.25) is 0 Å². The summed E-state index contributed by atoms with van der Waals surface area (Å²) in [7, 11) is 0.